The Kier molecular flexibility index (Phi) is 4.96. The molecule has 0 radical (unpaired) electrons. The highest BCUT2D eigenvalue weighted by Gasteiger charge is 2.44. The van der Waals surface area contributed by atoms with Crippen molar-refractivity contribution in [2.24, 2.45) is 12.5 Å². The average Bonchev–Trinajstić information content (AvgIpc) is 3.01. The van der Waals surface area contributed by atoms with Crippen molar-refractivity contribution in [2.75, 3.05) is 33.7 Å². The molecule has 2 fully saturated rings. The summed E-state index contributed by atoms with van der Waals surface area (Å²) in [6.07, 6.45) is 5.91. The molecule has 4 rings (SSSR count). The molecule has 6 heteroatoms. The lowest BCUT2D eigenvalue weighted by atomic mass is 9.64. The number of amides is 1. The van der Waals surface area contributed by atoms with E-state index < -0.39 is 5.60 Å². The van der Waals surface area contributed by atoms with Crippen molar-refractivity contribution in [1.82, 2.24) is 19.6 Å². The molecular weight excluding hydrogens is 352 g/mol. The van der Waals surface area contributed by atoms with Crippen molar-refractivity contribution in [2.45, 2.75) is 44.1 Å². The van der Waals surface area contributed by atoms with Gasteiger partial charge in [-0.2, -0.15) is 5.10 Å². The van der Waals surface area contributed by atoms with Crippen LogP contribution in [-0.4, -0.2) is 69.9 Å². The Labute approximate surface area is 167 Å². The van der Waals surface area contributed by atoms with E-state index in [1.165, 1.54) is 0 Å². The van der Waals surface area contributed by atoms with Crippen LogP contribution < -0.4 is 0 Å². The molecular formula is C22H32N4O2. The molecule has 6 nitrogen and oxygen atoms in total. The predicted octanol–water partition coefficient (Wildman–Crippen LogP) is 2.66. The summed E-state index contributed by atoms with van der Waals surface area (Å²) in [4.78, 5) is 17.2. The molecule has 0 unspecified atom stereocenters. The van der Waals surface area contributed by atoms with E-state index in [9.17, 15) is 9.90 Å². The number of fused-ring (bicyclic) bond motifs is 1. The number of likely N-dealkylation sites (N-methyl/N-ethyl adjacent to an activating group) is 1. The van der Waals surface area contributed by atoms with Crippen LogP contribution in [0.15, 0.2) is 24.3 Å². The number of carbonyl (C=O) groups is 1. The molecule has 1 aliphatic carbocycles. The molecule has 1 aromatic heterocycles. The minimum Gasteiger partial charge on any atom is -0.389 e. The van der Waals surface area contributed by atoms with Crippen molar-refractivity contribution in [3.05, 3.63) is 30.0 Å². The summed E-state index contributed by atoms with van der Waals surface area (Å²) in [6.45, 7) is 2.31. The van der Waals surface area contributed by atoms with E-state index >= 15 is 0 Å². The van der Waals surface area contributed by atoms with Crippen molar-refractivity contribution in [3.63, 3.8) is 0 Å². The second-order valence-electron chi connectivity index (χ2n) is 9.24. The third-order valence-electron chi connectivity index (χ3n) is 6.92. The van der Waals surface area contributed by atoms with Gasteiger partial charge in [-0.05, 0) is 64.1 Å². The zero-order valence-electron chi connectivity index (χ0n) is 17.3. The minimum atomic E-state index is -0.547. The first kappa shape index (κ1) is 19.4. The zero-order valence-corrected chi connectivity index (χ0v) is 17.3. The Morgan fingerprint density at radius 2 is 1.75 bits per heavy atom. The van der Waals surface area contributed by atoms with Crippen molar-refractivity contribution in [3.8, 4) is 0 Å². The number of hydrogen-bond acceptors (Lipinski definition) is 4. The Bertz CT molecular complexity index is 855. The van der Waals surface area contributed by atoms with Crippen molar-refractivity contribution >= 4 is 16.8 Å². The number of piperidine rings is 1. The Morgan fingerprint density at radius 1 is 1.11 bits per heavy atom. The van der Waals surface area contributed by atoms with Crippen molar-refractivity contribution in [1.29, 1.82) is 0 Å². The van der Waals surface area contributed by atoms with Crippen LogP contribution in [0.2, 0.25) is 0 Å². The van der Waals surface area contributed by atoms with Gasteiger partial charge in [-0.15, -0.1) is 0 Å². The summed E-state index contributed by atoms with van der Waals surface area (Å²) < 4.78 is 1.79. The zero-order chi connectivity index (χ0) is 19.9. The molecule has 1 spiro atoms. The Hall–Kier alpha value is -1.92. The minimum absolute atomic E-state index is 0.0478. The monoisotopic (exact) mass is 384 g/mol. The molecule has 0 atom stereocenters. The van der Waals surface area contributed by atoms with Gasteiger partial charge < -0.3 is 14.9 Å². The number of carbonyl (C=O) groups excluding carboxylic acids is 1. The maximum atomic E-state index is 13.1. The summed E-state index contributed by atoms with van der Waals surface area (Å²) in [5, 5.41) is 16.3. The fraction of sp³-hybridized carbons (Fsp3) is 0.636. The first-order valence-corrected chi connectivity index (χ1v) is 10.4. The Balaban J connectivity index is 1.41. The van der Waals surface area contributed by atoms with Crippen LogP contribution in [-0.2, 0) is 7.05 Å². The van der Waals surface area contributed by atoms with Crippen LogP contribution in [0.5, 0.6) is 0 Å². The summed E-state index contributed by atoms with van der Waals surface area (Å²) in [6, 6.07) is 7.92. The van der Waals surface area contributed by atoms with Crippen LogP contribution in [0.4, 0.5) is 0 Å². The van der Waals surface area contributed by atoms with Gasteiger partial charge in [-0.1, -0.05) is 18.2 Å². The maximum absolute atomic E-state index is 13.1. The first-order valence-electron chi connectivity index (χ1n) is 10.4. The molecule has 1 aliphatic heterocycles. The van der Waals surface area contributed by atoms with Gasteiger partial charge in [-0.25, -0.2) is 0 Å². The van der Waals surface area contributed by atoms with E-state index in [2.05, 4.69) is 10.00 Å². The van der Waals surface area contributed by atoms with Gasteiger partial charge in [0.1, 0.15) is 0 Å². The number of nitrogens with zero attached hydrogens (tertiary/aromatic N) is 4. The molecule has 1 saturated carbocycles. The molecule has 2 aliphatic rings. The van der Waals surface area contributed by atoms with Crippen LogP contribution in [0.3, 0.4) is 0 Å². The van der Waals surface area contributed by atoms with E-state index in [0.717, 1.165) is 69.1 Å². The second-order valence-corrected chi connectivity index (χ2v) is 9.24. The number of aryl methyl sites for hydroxylation is 1. The third-order valence-corrected chi connectivity index (χ3v) is 6.92. The summed E-state index contributed by atoms with van der Waals surface area (Å²) in [5.74, 6) is 0.0478. The standard InChI is InChI=1S/C22H32N4O2/c1-24(2)16-22(28)10-8-21(9-11-22)12-14-26(15-13-21)20(27)19-17-6-4-5-7-18(17)25(3)23-19/h4-7,28H,8-16H2,1-3H3. The summed E-state index contributed by atoms with van der Waals surface area (Å²) >= 11 is 0. The smallest absolute Gasteiger partial charge is 0.275 e. The van der Waals surface area contributed by atoms with Crippen LogP contribution in [0, 0.1) is 5.41 Å². The SMILES string of the molecule is CN(C)CC1(O)CCC2(CCN(C(=O)c3nn(C)c4ccccc34)CC2)CC1. The van der Waals surface area contributed by atoms with Gasteiger partial charge in [0, 0.05) is 32.1 Å². The van der Waals surface area contributed by atoms with Crippen molar-refractivity contribution < 1.29 is 9.90 Å². The van der Waals surface area contributed by atoms with Gasteiger partial charge >= 0.3 is 0 Å². The average molecular weight is 385 g/mol. The molecule has 0 bridgehead atoms. The van der Waals surface area contributed by atoms with Crippen LogP contribution in [0.25, 0.3) is 10.9 Å². The number of benzene rings is 1. The topological polar surface area (TPSA) is 61.6 Å². The normalized spacial score (nSPS) is 21.5. The van der Waals surface area contributed by atoms with Crippen LogP contribution in [0.1, 0.15) is 49.0 Å². The largest absolute Gasteiger partial charge is 0.389 e. The first-order chi connectivity index (χ1) is 13.3. The lowest BCUT2D eigenvalue weighted by Crippen LogP contribution is -2.49. The van der Waals surface area contributed by atoms with Gasteiger partial charge in [0.15, 0.2) is 5.69 Å². The summed E-state index contributed by atoms with van der Waals surface area (Å²) in [5.41, 5.74) is 1.31. The molecule has 2 aromatic rings. The van der Waals surface area contributed by atoms with E-state index in [1.54, 1.807) is 4.68 Å². The number of aliphatic hydroxyl groups is 1. The molecule has 1 aromatic carbocycles. The number of likely N-dealkylation sites (tertiary alicyclic amines) is 1. The van der Waals surface area contributed by atoms with Gasteiger partial charge in [0.05, 0.1) is 11.1 Å². The second kappa shape index (κ2) is 7.16. The lowest BCUT2D eigenvalue weighted by molar-refractivity contribution is -0.0616. The Morgan fingerprint density at radius 3 is 2.39 bits per heavy atom. The van der Waals surface area contributed by atoms with E-state index in [-0.39, 0.29) is 5.91 Å². The number of aromatic nitrogens is 2. The number of hydrogen-bond donors (Lipinski definition) is 1. The molecule has 2 heterocycles. The summed E-state index contributed by atoms with van der Waals surface area (Å²) in [7, 11) is 5.93. The highest BCUT2D eigenvalue weighted by atomic mass is 16.3. The maximum Gasteiger partial charge on any atom is 0.275 e. The van der Waals surface area contributed by atoms with Crippen LogP contribution >= 0.6 is 0 Å². The van der Waals surface area contributed by atoms with Gasteiger partial charge in [0.25, 0.3) is 5.91 Å². The molecule has 152 valence electrons. The number of para-hydroxylation sites is 1. The third kappa shape index (κ3) is 3.55. The highest BCUT2D eigenvalue weighted by molar-refractivity contribution is 6.04. The lowest BCUT2D eigenvalue weighted by Gasteiger charge is -2.48. The molecule has 1 N–H and O–H groups in total. The van der Waals surface area contributed by atoms with Gasteiger partial charge in [-0.3, -0.25) is 9.48 Å². The van der Waals surface area contributed by atoms with E-state index in [1.807, 2.05) is 50.3 Å². The quantitative estimate of drug-likeness (QED) is 0.884. The highest BCUT2D eigenvalue weighted by Crippen LogP contribution is 2.47. The fourth-order valence-corrected chi connectivity index (χ4v) is 5.20. The predicted molar refractivity (Wildman–Crippen MR) is 110 cm³/mol. The molecule has 1 amide bonds. The molecule has 1 saturated heterocycles. The van der Waals surface area contributed by atoms with E-state index in [4.69, 9.17) is 0 Å². The molecule has 28 heavy (non-hydrogen) atoms. The van der Waals surface area contributed by atoms with Gasteiger partial charge in [0.2, 0.25) is 0 Å². The van der Waals surface area contributed by atoms with E-state index in [0.29, 0.717) is 11.1 Å². The fourth-order valence-electron chi connectivity index (χ4n) is 5.20. The number of rotatable bonds is 3.